The van der Waals surface area contributed by atoms with Crippen LogP contribution in [0.25, 0.3) is 0 Å². The largest absolute Gasteiger partial charge is 0.350 e. The van der Waals surface area contributed by atoms with E-state index in [9.17, 15) is 18.0 Å². The second kappa shape index (κ2) is 10.9. The average molecular weight is 424 g/mol. The molecule has 0 aliphatic heterocycles. The Morgan fingerprint density at radius 3 is 2.14 bits per heavy atom. The van der Waals surface area contributed by atoms with Gasteiger partial charge >= 0.3 is 0 Å². The molecule has 1 N–H and O–H groups in total. The van der Waals surface area contributed by atoms with Crippen LogP contribution < -0.4 is 5.32 Å². The number of hydrogen-bond acceptors (Lipinski definition) is 4. The number of carbonyl (C=O) groups excluding carboxylic acids is 2. The van der Waals surface area contributed by atoms with Gasteiger partial charge in [-0.1, -0.05) is 6.42 Å². The lowest BCUT2D eigenvalue weighted by atomic mass is 9.90. The molecule has 0 heterocycles. The third-order valence-electron chi connectivity index (χ3n) is 5.40. The van der Waals surface area contributed by atoms with E-state index in [0.29, 0.717) is 31.2 Å². The number of ketones is 1. The fraction of sp³-hybridized carbons (Fsp3) is 0.652. The Kier molecular flexibility index (Phi) is 9.53. The zero-order valence-corrected chi connectivity index (χ0v) is 19.8. The number of aryl methyl sites for hydroxylation is 1. The Balaban J connectivity index is 2.68. The molecule has 0 saturated heterocycles. The van der Waals surface area contributed by atoms with E-state index in [-0.39, 0.29) is 28.7 Å². The number of amides is 1. The van der Waals surface area contributed by atoms with Crippen molar-refractivity contribution in [3.63, 3.8) is 0 Å². The first-order valence-electron chi connectivity index (χ1n) is 10.5. The van der Waals surface area contributed by atoms with E-state index in [2.05, 4.69) is 5.32 Å². The fourth-order valence-electron chi connectivity index (χ4n) is 3.31. The molecule has 1 aromatic rings. The quantitative estimate of drug-likeness (QED) is 0.540. The molecule has 0 spiro atoms. The number of carbonyl (C=O) groups is 2. The lowest BCUT2D eigenvalue weighted by molar-refractivity contribution is -0.118. The Morgan fingerprint density at radius 1 is 0.966 bits per heavy atom. The van der Waals surface area contributed by atoms with Crippen LogP contribution in [0.4, 0.5) is 0 Å². The van der Waals surface area contributed by atoms with Gasteiger partial charge in [-0.05, 0) is 89.6 Å². The van der Waals surface area contributed by atoms with Gasteiger partial charge < -0.3 is 5.32 Å². The van der Waals surface area contributed by atoms with Gasteiger partial charge in [0.15, 0.2) is 9.84 Å². The van der Waals surface area contributed by atoms with Crippen molar-refractivity contribution in [3.05, 3.63) is 33.9 Å². The van der Waals surface area contributed by atoms with Gasteiger partial charge in [0, 0.05) is 24.4 Å². The van der Waals surface area contributed by atoms with E-state index < -0.39 is 9.84 Å². The molecule has 0 bridgehead atoms. The van der Waals surface area contributed by atoms with E-state index in [1.165, 1.54) is 0 Å². The number of rotatable bonds is 11. The molecule has 1 aromatic carbocycles. The minimum Gasteiger partial charge on any atom is -0.350 e. The molecular formula is C23H37NO4S. The number of Topliss-reactive ketones (excluding diaryl/α,β-unsaturated/α-hetero) is 1. The van der Waals surface area contributed by atoms with Crippen LogP contribution >= 0.6 is 0 Å². The van der Waals surface area contributed by atoms with Crippen LogP contribution in [-0.2, 0) is 21.1 Å². The van der Waals surface area contributed by atoms with Crippen LogP contribution in [-0.4, -0.2) is 37.2 Å². The molecule has 0 aliphatic carbocycles. The van der Waals surface area contributed by atoms with Crippen LogP contribution in [0.3, 0.4) is 0 Å². The molecular weight excluding hydrogens is 386 g/mol. The van der Waals surface area contributed by atoms with E-state index >= 15 is 0 Å². The summed E-state index contributed by atoms with van der Waals surface area (Å²) in [5.41, 5.74) is 4.52. The molecule has 0 radical (unpaired) electrons. The molecule has 0 aliphatic rings. The van der Waals surface area contributed by atoms with Crippen LogP contribution in [0, 0.1) is 20.8 Å². The minimum absolute atomic E-state index is 0.0688. The zero-order valence-electron chi connectivity index (χ0n) is 19.0. The van der Waals surface area contributed by atoms with Gasteiger partial charge in [-0.3, -0.25) is 9.59 Å². The number of hydrogen-bond donors (Lipinski definition) is 1. The summed E-state index contributed by atoms with van der Waals surface area (Å²) < 4.78 is 23.6. The Labute approximate surface area is 176 Å². The van der Waals surface area contributed by atoms with Gasteiger partial charge in [0.1, 0.15) is 5.78 Å². The number of benzene rings is 1. The Hall–Kier alpha value is -1.69. The second-order valence-electron chi connectivity index (χ2n) is 8.54. The van der Waals surface area contributed by atoms with E-state index in [1.54, 1.807) is 13.8 Å². The van der Waals surface area contributed by atoms with Crippen molar-refractivity contribution in [1.82, 2.24) is 5.32 Å². The normalized spacial score (nSPS) is 11.9. The zero-order chi connectivity index (χ0) is 22.4. The van der Waals surface area contributed by atoms with E-state index in [1.807, 2.05) is 40.7 Å². The van der Waals surface area contributed by atoms with Crippen molar-refractivity contribution in [2.75, 3.05) is 5.75 Å². The maximum absolute atomic E-state index is 12.5. The minimum atomic E-state index is -3.00. The summed E-state index contributed by atoms with van der Waals surface area (Å²) in [4.78, 5) is 24.9. The summed E-state index contributed by atoms with van der Waals surface area (Å²) >= 11 is 0. The van der Waals surface area contributed by atoms with Crippen molar-refractivity contribution in [1.29, 1.82) is 0 Å². The molecule has 164 valence electrons. The molecule has 0 saturated carbocycles. The summed E-state index contributed by atoms with van der Waals surface area (Å²) in [6, 6.07) is 1.94. The van der Waals surface area contributed by atoms with Gasteiger partial charge in [-0.15, -0.1) is 0 Å². The molecule has 0 atom stereocenters. The van der Waals surface area contributed by atoms with Gasteiger partial charge in [0.2, 0.25) is 0 Å². The third kappa shape index (κ3) is 7.57. The summed E-state index contributed by atoms with van der Waals surface area (Å²) in [7, 11) is -3.00. The van der Waals surface area contributed by atoms with Crippen LogP contribution in [0.1, 0.15) is 86.0 Å². The van der Waals surface area contributed by atoms with Crippen molar-refractivity contribution < 1.29 is 18.0 Å². The van der Waals surface area contributed by atoms with Crippen molar-refractivity contribution in [2.45, 2.75) is 91.9 Å². The second-order valence-corrected chi connectivity index (χ2v) is 11.2. The monoisotopic (exact) mass is 423 g/mol. The predicted octanol–water partition coefficient (Wildman–Crippen LogP) is 4.25. The predicted molar refractivity (Wildman–Crippen MR) is 119 cm³/mol. The first-order valence-corrected chi connectivity index (χ1v) is 12.2. The summed E-state index contributed by atoms with van der Waals surface area (Å²) in [6.45, 7) is 13.1. The van der Waals surface area contributed by atoms with Gasteiger partial charge in [0.25, 0.3) is 5.91 Å². The summed E-state index contributed by atoms with van der Waals surface area (Å²) in [5.74, 6) is 0.260. The lowest BCUT2D eigenvalue weighted by Crippen LogP contribution is -2.31. The van der Waals surface area contributed by atoms with Crippen LogP contribution in [0.5, 0.6) is 0 Å². The molecule has 0 aromatic heterocycles. The SMILES string of the molecule is Cc1cc(C(=O)NC(C)C)c(C)c(C)c1CC(=O)CCCCCS(=O)(=O)C(C)C. The van der Waals surface area contributed by atoms with E-state index in [4.69, 9.17) is 0 Å². The third-order valence-corrected chi connectivity index (χ3v) is 7.69. The summed E-state index contributed by atoms with van der Waals surface area (Å²) in [5, 5.41) is 2.58. The molecule has 0 fully saturated rings. The van der Waals surface area contributed by atoms with Crippen LogP contribution in [0.2, 0.25) is 0 Å². The van der Waals surface area contributed by atoms with Crippen molar-refractivity contribution in [2.24, 2.45) is 0 Å². The molecule has 1 rings (SSSR count). The molecule has 29 heavy (non-hydrogen) atoms. The Bertz CT molecular complexity index is 839. The van der Waals surface area contributed by atoms with Crippen molar-refractivity contribution >= 4 is 21.5 Å². The average Bonchev–Trinajstić information content (AvgIpc) is 2.60. The topological polar surface area (TPSA) is 80.3 Å². The first-order chi connectivity index (χ1) is 13.4. The van der Waals surface area contributed by atoms with Crippen LogP contribution in [0.15, 0.2) is 6.07 Å². The fourth-order valence-corrected chi connectivity index (χ4v) is 4.39. The highest BCUT2D eigenvalue weighted by Gasteiger charge is 2.18. The maximum Gasteiger partial charge on any atom is 0.251 e. The molecule has 6 heteroatoms. The smallest absolute Gasteiger partial charge is 0.251 e. The van der Waals surface area contributed by atoms with Crippen molar-refractivity contribution in [3.8, 4) is 0 Å². The highest BCUT2D eigenvalue weighted by molar-refractivity contribution is 7.91. The standard InChI is InChI=1S/C23H37NO4S/c1-15(2)24-23(26)22-13-17(5)21(18(6)19(22)7)14-20(25)11-9-8-10-12-29(27,28)16(3)4/h13,15-16H,8-12,14H2,1-7H3,(H,24,26). The van der Waals surface area contributed by atoms with Gasteiger partial charge in [-0.2, -0.15) is 0 Å². The molecule has 0 unspecified atom stereocenters. The number of sulfone groups is 1. The highest BCUT2D eigenvalue weighted by atomic mass is 32.2. The number of nitrogens with one attached hydrogen (secondary N) is 1. The summed E-state index contributed by atoms with van der Waals surface area (Å²) in [6.07, 6.45) is 2.86. The van der Waals surface area contributed by atoms with Gasteiger partial charge in [0.05, 0.1) is 11.0 Å². The molecule has 5 nitrogen and oxygen atoms in total. The Morgan fingerprint density at radius 2 is 1.59 bits per heavy atom. The molecule has 1 amide bonds. The van der Waals surface area contributed by atoms with E-state index in [0.717, 1.165) is 28.7 Å². The first kappa shape index (κ1) is 25.3. The lowest BCUT2D eigenvalue weighted by Gasteiger charge is -2.17. The van der Waals surface area contributed by atoms with Gasteiger partial charge in [-0.25, -0.2) is 8.42 Å². The maximum atomic E-state index is 12.5. The number of unbranched alkanes of at least 4 members (excludes halogenated alkanes) is 2. The highest BCUT2D eigenvalue weighted by Crippen LogP contribution is 2.23.